The second-order valence-corrected chi connectivity index (χ2v) is 6.73. The van der Waals surface area contributed by atoms with E-state index in [1.165, 1.54) is 29.7 Å². The second kappa shape index (κ2) is 9.56. The molecule has 0 saturated heterocycles. The smallest absolute Gasteiger partial charge is 0.341 e. The summed E-state index contributed by atoms with van der Waals surface area (Å²) in [6, 6.07) is 12.6. The zero-order valence-electron chi connectivity index (χ0n) is 15.0. The number of halogens is 1. The number of hydrogen-bond donors (Lipinski definition) is 2. The maximum atomic E-state index is 13.0. The van der Waals surface area contributed by atoms with E-state index < -0.39 is 12.6 Å². The fourth-order valence-corrected chi connectivity index (χ4v) is 3.12. The lowest BCUT2D eigenvalue weighted by Gasteiger charge is -2.02. The summed E-state index contributed by atoms with van der Waals surface area (Å²) >= 11 is 1.38. The van der Waals surface area contributed by atoms with E-state index in [0.29, 0.717) is 22.0 Å². The molecule has 7 nitrogen and oxygen atoms in total. The summed E-state index contributed by atoms with van der Waals surface area (Å²) in [5.41, 5.74) is 4.52. The highest BCUT2D eigenvalue weighted by atomic mass is 32.1. The molecule has 1 amide bonds. The summed E-state index contributed by atoms with van der Waals surface area (Å²) in [6.07, 6.45) is 1.53. The van der Waals surface area contributed by atoms with Gasteiger partial charge in [-0.15, -0.1) is 11.3 Å². The Labute approximate surface area is 169 Å². The van der Waals surface area contributed by atoms with Crippen LogP contribution in [0.2, 0.25) is 0 Å². The van der Waals surface area contributed by atoms with Gasteiger partial charge < -0.3 is 9.84 Å². The van der Waals surface area contributed by atoms with Crippen molar-refractivity contribution in [1.82, 2.24) is 10.4 Å². The van der Waals surface area contributed by atoms with Gasteiger partial charge in [0.25, 0.3) is 0 Å². The number of hydrogen-bond acceptors (Lipinski definition) is 6. The molecule has 3 aromatic rings. The first-order chi connectivity index (χ1) is 14.0. The molecule has 1 heterocycles. The first kappa shape index (κ1) is 20.2. The van der Waals surface area contributed by atoms with Gasteiger partial charge in [0.2, 0.25) is 5.91 Å². The largest absolute Gasteiger partial charge is 0.482 e. The van der Waals surface area contributed by atoms with Crippen LogP contribution in [0.1, 0.15) is 11.3 Å². The van der Waals surface area contributed by atoms with Crippen molar-refractivity contribution in [1.29, 1.82) is 0 Å². The quantitative estimate of drug-likeness (QED) is 0.437. The monoisotopic (exact) mass is 413 g/mol. The number of carboxylic acids is 1. The molecule has 0 radical (unpaired) electrons. The Balaban J connectivity index is 1.49. The number of ether oxygens (including phenoxy) is 1. The van der Waals surface area contributed by atoms with Gasteiger partial charge in [0.05, 0.1) is 18.3 Å². The van der Waals surface area contributed by atoms with Crippen molar-refractivity contribution in [3.8, 4) is 16.3 Å². The normalized spacial score (nSPS) is 10.8. The van der Waals surface area contributed by atoms with Gasteiger partial charge in [0, 0.05) is 10.9 Å². The van der Waals surface area contributed by atoms with Crippen molar-refractivity contribution >= 4 is 29.4 Å². The van der Waals surface area contributed by atoms with Gasteiger partial charge in [-0.3, -0.25) is 4.79 Å². The minimum atomic E-state index is -1.05. The second-order valence-electron chi connectivity index (χ2n) is 5.87. The van der Waals surface area contributed by atoms with Crippen LogP contribution in [0.5, 0.6) is 5.75 Å². The van der Waals surface area contributed by atoms with Crippen molar-refractivity contribution < 1.29 is 23.8 Å². The molecule has 0 spiro atoms. The van der Waals surface area contributed by atoms with Crippen molar-refractivity contribution in [2.75, 3.05) is 6.61 Å². The first-order valence-corrected chi connectivity index (χ1v) is 9.34. The van der Waals surface area contributed by atoms with Crippen molar-refractivity contribution in [2.24, 2.45) is 5.10 Å². The number of nitrogens with zero attached hydrogens (tertiary/aromatic N) is 2. The molecular formula is C20H16FN3O4S. The third-order valence-corrected chi connectivity index (χ3v) is 4.57. The third kappa shape index (κ3) is 6.22. The predicted molar refractivity (Wildman–Crippen MR) is 107 cm³/mol. The van der Waals surface area contributed by atoms with Gasteiger partial charge in [0.15, 0.2) is 6.61 Å². The van der Waals surface area contributed by atoms with E-state index in [0.717, 1.165) is 5.56 Å². The number of carbonyl (C=O) groups excluding carboxylic acids is 1. The van der Waals surface area contributed by atoms with Gasteiger partial charge in [0.1, 0.15) is 16.6 Å². The van der Waals surface area contributed by atoms with Crippen molar-refractivity contribution in [3.63, 3.8) is 0 Å². The van der Waals surface area contributed by atoms with Crippen LogP contribution in [0.15, 0.2) is 59.0 Å². The van der Waals surface area contributed by atoms with Crippen molar-refractivity contribution in [2.45, 2.75) is 6.42 Å². The third-order valence-electron chi connectivity index (χ3n) is 3.63. The van der Waals surface area contributed by atoms with Crippen LogP contribution in [0.4, 0.5) is 4.39 Å². The van der Waals surface area contributed by atoms with Gasteiger partial charge in [-0.25, -0.2) is 19.6 Å². The number of hydrazone groups is 1. The minimum Gasteiger partial charge on any atom is -0.482 e. The lowest BCUT2D eigenvalue weighted by molar-refractivity contribution is -0.139. The Morgan fingerprint density at radius 1 is 1.17 bits per heavy atom. The van der Waals surface area contributed by atoms with E-state index in [-0.39, 0.29) is 18.1 Å². The SMILES string of the molecule is O=C(O)COc1ccc(/C=N\NC(=O)Cc2csc(-c3ccc(F)cc3)n2)cc1. The van der Waals surface area contributed by atoms with Gasteiger partial charge in [-0.05, 0) is 54.1 Å². The van der Waals surface area contributed by atoms with Gasteiger partial charge in [-0.2, -0.15) is 5.10 Å². The molecule has 0 aliphatic carbocycles. The average molecular weight is 413 g/mol. The van der Waals surface area contributed by atoms with E-state index in [4.69, 9.17) is 9.84 Å². The number of benzene rings is 2. The molecule has 0 bridgehead atoms. The molecule has 0 fully saturated rings. The fraction of sp³-hybridized carbons (Fsp3) is 0.100. The zero-order valence-corrected chi connectivity index (χ0v) is 15.9. The maximum Gasteiger partial charge on any atom is 0.341 e. The number of carboxylic acid groups (broad SMARTS) is 1. The highest BCUT2D eigenvalue weighted by molar-refractivity contribution is 7.13. The fourth-order valence-electron chi connectivity index (χ4n) is 2.29. The molecule has 0 unspecified atom stereocenters. The summed E-state index contributed by atoms with van der Waals surface area (Å²) in [5.74, 6) is -1.26. The van der Waals surface area contributed by atoms with Crippen LogP contribution in [-0.2, 0) is 16.0 Å². The first-order valence-electron chi connectivity index (χ1n) is 8.46. The number of aliphatic carboxylic acids is 1. The number of thiazole rings is 1. The summed E-state index contributed by atoms with van der Waals surface area (Å²) in [6.45, 7) is -0.414. The Morgan fingerprint density at radius 2 is 1.90 bits per heavy atom. The average Bonchev–Trinajstić information content (AvgIpc) is 3.16. The van der Waals surface area contributed by atoms with Crippen LogP contribution < -0.4 is 10.2 Å². The highest BCUT2D eigenvalue weighted by Gasteiger charge is 2.09. The molecule has 0 saturated carbocycles. The Bertz CT molecular complexity index is 1020. The topological polar surface area (TPSA) is 101 Å². The van der Waals surface area contributed by atoms with E-state index >= 15 is 0 Å². The van der Waals surface area contributed by atoms with Crippen molar-refractivity contribution in [3.05, 3.63) is 71.0 Å². The number of amides is 1. The molecule has 3 rings (SSSR count). The molecule has 1 aromatic heterocycles. The highest BCUT2D eigenvalue weighted by Crippen LogP contribution is 2.24. The Hall–Kier alpha value is -3.59. The zero-order chi connectivity index (χ0) is 20.6. The number of nitrogens with one attached hydrogen (secondary N) is 1. The number of aromatic nitrogens is 1. The summed E-state index contributed by atoms with van der Waals surface area (Å²) in [4.78, 5) is 26.9. The molecule has 148 valence electrons. The van der Waals surface area contributed by atoms with Crippen LogP contribution in [0.25, 0.3) is 10.6 Å². The van der Waals surface area contributed by atoms with E-state index in [1.54, 1.807) is 41.8 Å². The van der Waals surface area contributed by atoms with E-state index in [2.05, 4.69) is 15.5 Å². The van der Waals surface area contributed by atoms with Gasteiger partial charge >= 0.3 is 5.97 Å². The minimum absolute atomic E-state index is 0.0665. The Kier molecular flexibility index (Phi) is 6.64. The lowest BCUT2D eigenvalue weighted by atomic mass is 10.2. The molecule has 9 heteroatoms. The van der Waals surface area contributed by atoms with E-state index in [9.17, 15) is 14.0 Å². The summed E-state index contributed by atoms with van der Waals surface area (Å²) in [5, 5.41) is 14.9. The molecular weight excluding hydrogens is 397 g/mol. The predicted octanol–water partition coefficient (Wildman–Crippen LogP) is 3.11. The maximum absolute atomic E-state index is 13.0. The van der Waals surface area contributed by atoms with Crippen LogP contribution in [0, 0.1) is 5.82 Å². The van der Waals surface area contributed by atoms with Crippen LogP contribution >= 0.6 is 11.3 Å². The number of rotatable bonds is 8. The lowest BCUT2D eigenvalue weighted by Crippen LogP contribution is -2.19. The summed E-state index contributed by atoms with van der Waals surface area (Å²) in [7, 11) is 0. The summed E-state index contributed by atoms with van der Waals surface area (Å²) < 4.78 is 18.0. The molecule has 29 heavy (non-hydrogen) atoms. The van der Waals surface area contributed by atoms with Gasteiger partial charge in [-0.1, -0.05) is 0 Å². The Morgan fingerprint density at radius 3 is 2.59 bits per heavy atom. The molecule has 2 aromatic carbocycles. The van der Waals surface area contributed by atoms with E-state index in [1.807, 2.05) is 0 Å². The molecule has 0 aliphatic rings. The molecule has 0 atom stereocenters. The standard InChI is InChI=1S/C20H16FN3O4S/c21-15-5-3-14(4-6-15)20-23-16(12-29-20)9-18(25)24-22-10-13-1-7-17(8-2-13)28-11-19(26)27/h1-8,10,12H,9,11H2,(H,24,25)(H,26,27)/b22-10-. The van der Waals surface area contributed by atoms with Crippen LogP contribution in [0.3, 0.4) is 0 Å². The number of carbonyl (C=O) groups is 2. The molecule has 0 aliphatic heterocycles. The van der Waals surface area contributed by atoms with Crippen LogP contribution in [-0.4, -0.2) is 34.8 Å². The molecule has 2 N–H and O–H groups in total.